The van der Waals surface area contributed by atoms with Gasteiger partial charge >= 0.3 is 0 Å². The van der Waals surface area contributed by atoms with E-state index < -0.39 is 0 Å². The van der Waals surface area contributed by atoms with Crippen molar-refractivity contribution in [2.24, 2.45) is 0 Å². The van der Waals surface area contributed by atoms with Crippen molar-refractivity contribution < 1.29 is 9.84 Å². The van der Waals surface area contributed by atoms with E-state index in [1.807, 2.05) is 43.3 Å². The summed E-state index contributed by atoms with van der Waals surface area (Å²) in [4.78, 5) is 6.94. The molecule has 0 atom stereocenters. The van der Waals surface area contributed by atoms with Gasteiger partial charge in [-0.05, 0) is 35.7 Å². The molecule has 3 heterocycles. The molecular formula is C21H25N5O2. The first-order chi connectivity index (χ1) is 13.7. The summed E-state index contributed by atoms with van der Waals surface area (Å²) in [5, 5.41) is 17.9. The Balaban J connectivity index is 1.57. The van der Waals surface area contributed by atoms with Gasteiger partial charge in [-0.3, -0.25) is 9.88 Å². The number of pyridine rings is 1. The van der Waals surface area contributed by atoms with Gasteiger partial charge in [-0.15, -0.1) is 10.2 Å². The van der Waals surface area contributed by atoms with Crippen molar-refractivity contribution in [3.05, 3.63) is 54.0 Å². The second kappa shape index (κ2) is 8.60. The van der Waals surface area contributed by atoms with Gasteiger partial charge in [-0.2, -0.15) is 0 Å². The third-order valence-corrected chi connectivity index (χ3v) is 5.14. The van der Waals surface area contributed by atoms with Crippen LogP contribution in [0.1, 0.15) is 11.4 Å². The highest BCUT2D eigenvalue weighted by atomic mass is 16.5. The molecule has 2 aromatic heterocycles. The van der Waals surface area contributed by atoms with E-state index in [1.165, 1.54) is 0 Å². The zero-order chi connectivity index (χ0) is 19.3. The van der Waals surface area contributed by atoms with Gasteiger partial charge in [0.25, 0.3) is 0 Å². The molecule has 0 spiro atoms. The lowest BCUT2D eigenvalue weighted by Crippen LogP contribution is -2.38. The molecule has 0 aliphatic carbocycles. The molecule has 0 amide bonds. The van der Waals surface area contributed by atoms with Crippen LogP contribution < -0.4 is 0 Å². The van der Waals surface area contributed by atoms with E-state index in [0.29, 0.717) is 0 Å². The first-order valence-electron chi connectivity index (χ1n) is 9.61. The molecule has 1 saturated heterocycles. The molecule has 3 aromatic rings. The molecule has 1 N–H and O–H groups in total. The minimum Gasteiger partial charge on any atom is -0.392 e. The molecule has 4 rings (SSSR count). The Labute approximate surface area is 164 Å². The lowest BCUT2D eigenvalue weighted by Gasteiger charge is -2.26. The SMILES string of the molecule is Cc1nnc(-c2cc(-c3ccc(CO)cc3)ccn2)n1CCN1CCOCC1. The lowest BCUT2D eigenvalue weighted by atomic mass is 10.0. The molecule has 0 radical (unpaired) electrons. The van der Waals surface area contributed by atoms with Crippen LogP contribution in [0.2, 0.25) is 0 Å². The minimum atomic E-state index is 0.0490. The molecule has 0 saturated carbocycles. The number of morpholine rings is 1. The molecular weight excluding hydrogens is 354 g/mol. The maximum Gasteiger partial charge on any atom is 0.182 e. The first kappa shape index (κ1) is 18.7. The predicted octanol–water partition coefficient (Wildman–Crippen LogP) is 2.14. The van der Waals surface area contributed by atoms with Gasteiger partial charge < -0.3 is 14.4 Å². The fourth-order valence-corrected chi connectivity index (χ4v) is 3.44. The van der Waals surface area contributed by atoms with Crippen molar-refractivity contribution in [2.75, 3.05) is 32.8 Å². The predicted molar refractivity (Wildman–Crippen MR) is 107 cm³/mol. The number of aliphatic hydroxyl groups excluding tert-OH is 1. The van der Waals surface area contributed by atoms with E-state index in [-0.39, 0.29) is 6.61 Å². The molecule has 0 unspecified atom stereocenters. The number of rotatable bonds is 6. The van der Waals surface area contributed by atoms with Gasteiger partial charge in [0.2, 0.25) is 0 Å². The number of benzene rings is 1. The smallest absolute Gasteiger partial charge is 0.182 e. The van der Waals surface area contributed by atoms with Gasteiger partial charge in [0.1, 0.15) is 11.5 Å². The summed E-state index contributed by atoms with van der Waals surface area (Å²) in [6.07, 6.45) is 1.81. The summed E-state index contributed by atoms with van der Waals surface area (Å²) in [5.74, 6) is 1.68. The number of aromatic nitrogens is 4. The van der Waals surface area contributed by atoms with Crippen LogP contribution in [0.15, 0.2) is 42.6 Å². The largest absolute Gasteiger partial charge is 0.392 e. The van der Waals surface area contributed by atoms with Crippen LogP contribution in [0.3, 0.4) is 0 Å². The third-order valence-electron chi connectivity index (χ3n) is 5.14. The third kappa shape index (κ3) is 4.11. The van der Waals surface area contributed by atoms with Crippen molar-refractivity contribution in [3.63, 3.8) is 0 Å². The van der Waals surface area contributed by atoms with Crippen LogP contribution in [-0.4, -0.2) is 62.6 Å². The second-order valence-electron chi connectivity index (χ2n) is 6.96. The maximum atomic E-state index is 9.23. The fourth-order valence-electron chi connectivity index (χ4n) is 3.44. The minimum absolute atomic E-state index is 0.0490. The van der Waals surface area contributed by atoms with Crippen molar-refractivity contribution >= 4 is 0 Å². The number of hydrogen-bond donors (Lipinski definition) is 1. The van der Waals surface area contributed by atoms with Crippen LogP contribution >= 0.6 is 0 Å². The average molecular weight is 379 g/mol. The highest BCUT2D eigenvalue weighted by Gasteiger charge is 2.16. The van der Waals surface area contributed by atoms with Gasteiger partial charge in [0.05, 0.1) is 19.8 Å². The molecule has 7 heteroatoms. The van der Waals surface area contributed by atoms with Gasteiger partial charge in [0.15, 0.2) is 5.82 Å². The Hall–Kier alpha value is -2.61. The zero-order valence-electron chi connectivity index (χ0n) is 16.1. The number of hydrogen-bond acceptors (Lipinski definition) is 6. The van der Waals surface area contributed by atoms with E-state index in [2.05, 4.69) is 24.6 Å². The van der Waals surface area contributed by atoms with Crippen LogP contribution in [0, 0.1) is 6.92 Å². The number of ether oxygens (including phenoxy) is 1. The van der Waals surface area contributed by atoms with Crippen LogP contribution in [0.25, 0.3) is 22.6 Å². The maximum absolute atomic E-state index is 9.23. The van der Waals surface area contributed by atoms with E-state index in [1.54, 1.807) is 6.20 Å². The first-order valence-corrected chi connectivity index (χ1v) is 9.61. The van der Waals surface area contributed by atoms with Crippen molar-refractivity contribution in [1.82, 2.24) is 24.6 Å². The molecule has 1 aromatic carbocycles. The lowest BCUT2D eigenvalue weighted by molar-refractivity contribution is 0.0364. The molecule has 1 aliphatic heterocycles. The highest BCUT2D eigenvalue weighted by Crippen LogP contribution is 2.24. The molecule has 7 nitrogen and oxygen atoms in total. The Morgan fingerprint density at radius 1 is 1.00 bits per heavy atom. The summed E-state index contributed by atoms with van der Waals surface area (Å²) < 4.78 is 7.56. The second-order valence-corrected chi connectivity index (χ2v) is 6.96. The van der Waals surface area contributed by atoms with Crippen molar-refractivity contribution in [3.8, 4) is 22.6 Å². The van der Waals surface area contributed by atoms with Gasteiger partial charge in [-0.25, -0.2) is 0 Å². The van der Waals surface area contributed by atoms with E-state index in [4.69, 9.17) is 4.74 Å². The van der Waals surface area contributed by atoms with Crippen LogP contribution in [0.5, 0.6) is 0 Å². The number of nitrogens with zero attached hydrogens (tertiary/aromatic N) is 5. The molecule has 28 heavy (non-hydrogen) atoms. The van der Waals surface area contributed by atoms with E-state index >= 15 is 0 Å². The van der Waals surface area contributed by atoms with Gasteiger partial charge in [0, 0.05) is 32.4 Å². The fraction of sp³-hybridized carbons (Fsp3) is 0.381. The average Bonchev–Trinajstić information content (AvgIpc) is 3.13. The molecule has 1 fully saturated rings. The zero-order valence-corrected chi connectivity index (χ0v) is 16.1. The summed E-state index contributed by atoms with van der Waals surface area (Å²) in [7, 11) is 0. The Bertz CT molecular complexity index is 917. The molecule has 0 bridgehead atoms. The summed E-state index contributed by atoms with van der Waals surface area (Å²) in [5.41, 5.74) is 3.86. The quantitative estimate of drug-likeness (QED) is 0.707. The molecule has 146 valence electrons. The Morgan fingerprint density at radius 3 is 2.54 bits per heavy atom. The standard InChI is InChI=1S/C21H25N5O2/c1-16-23-24-21(26(16)9-8-25-10-12-28-13-11-25)20-14-19(6-7-22-20)18-4-2-17(15-27)3-5-18/h2-7,14,27H,8-13,15H2,1H3. The van der Waals surface area contributed by atoms with E-state index in [9.17, 15) is 5.11 Å². The van der Waals surface area contributed by atoms with Gasteiger partial charge in [-0.1, -0.05) is 24.3 Å². The topological polar surface area (TPSA) is 76.3 Å². The van der Waals surface area contributed by atoms with Crippen molar-refractivity contribution in [2.45, 2.75) is 20.1 Å². The van der Waals surface area contributed by atoms with Crippen LogP contribution in [-0.2, 0) is 17.9 Å². The Morgan fingerprint density at radius 2 is 1.79 bits per heavy atom. The van der Waals surface area contributed by atoms with E-state index in [0.717, 1.165) is 73.4 Å². The van der Waals surface area contributed by atoms with Crippen LogP contribution in [0.4, 0.5) is 0 Å². The summed E-state index contributed by atoms with van der Waals surface area (Å²) in [6.45, 7) is 7.32. The normalized spacial score (nSPS) is 15.1. The number of aryl methyl sites for hydroxylation is 1. The van der Waals surface area contributed by atoms with Crippen molar-refractivity contribution in [1.29, 1.82) is 0 Å². The highest BCUT2D eigenvalue weighted by molar-refractivity contribution is 5.68. The molecule has 1 aliphatic rings. The Kier molecular flexibility index (Phi) is 5.76. The summed E-state index contributed by atoms with van der Waals surface area (Å²) in [6, 6.07) is 11.9. The monoisotopic (exact) mass is 379 g/mol. The summed E-state index contributed by atoms with van der Waals surface area (Å²) >= 11 is 0. The number of aliphatic hydroxyl groups is 1.